The highest BCUT2D eigenvalue weighted by atomic mass is 35.5. The van der Waals surface area contributed by atoms with Crippen molar-refractivity contribution in [2.45, 2.75) is 13.0 Å². The number of carbonyl (C=O) groups is 1. The lowest BCUT2D eigenvalue weighted by Crippen LogP contribution is -2.27. The molecule has 1 heterocycles. The third-order valence-electron chi connectivity index (χ3n) is 2.84. The van der Waals surface area contributed by atoms with Gasteiger partial charge in [0.05, 0.1) is 16.6 Å². The largest absolute Gasteiger partial charge is 0.345 e. The zero-order chi connectivity index (χ0) is 15.6. The first-order chi connectivity index (χ1) is 9.88. The maximum absolute atomic E-state index is 12.1. The molecule has 110 valence electrons. The number of nitrogens with one attached hydrogen (secondary N) is 1. The van der Waals surface area contributed by atoms with E-state index in [1.807, 2.05) is 6.92 Å². The first-order valence-corrected chi connectivity index (χ1v) is 7.46. The molecule has 0 spiro atoms. The lowest BCUT2D eigenvalue weighted by atomic mass is 10.1. The summed E-state index contributed by atoms with van der Waals surface area (Å²) in [7, 11) is 0. The Bertz CT molecular complexity index is 691. The Kier molecular flexibility index (Phi) is 5.33. The summed E-state index contributed by atoms with van der Waals surface area (Å²) in [5, 5.41) is 4.22. The third-order valence-corrected chi connectivity index (χ3v) is 4.08. The third kappa shape index (κ3) is 4.01. The number of pyridine rings is 1. The van der Waals surface area contributed by atoms with E-state index in [1.54, 1.807) is 18.2 Å². The summed E-state index contributed by atoms with van der Waals surface area (Å²) in [5.41, 5.74) is 1.09. The quantitative estimate of drug-likeness (QED) is 0.762. The van der Waals surface area contributed by atoms with Crippen molar-refractivity contribution in [3.63, 3.8) is 0 Å². The van der Waals surface area contributed by atoms with Gasteiger partial charge in [-0.3, -0.25) is 4.79 Å². The molecule has 0 aliphatic rings. The highest BCUT2D eigenvalue weighted by Gasteiger charge is 2.15. The zero-order valence-corrected chi connectivity index (χ0v) is 13.9. The van der Waals surface area contributed by atoms with Crippen molar-refractivity contribution in [3.8, 4) is 0 Å². The number of halogens is 4. The summed E-state index contributed by atoms with van der Waals surface area (Å²) in [4.78, 5) is 16.0. The van der Waals surface area contributed by atoms with Gasteiger partial charge in [0.25, 0.3) is 5.91 Å². The summed E-state index contributed by atoms with van der Waals surface area (Å²) in [6.07, 6.45) is 1.36. The molecule has 0 bridgehead atoms. The van der Waals surface area contributed by atoms with Crippen LogP contribution in [0.4, 0.5) is 0 Å². The SMILES string of the molecule is C[C@@H](NC(=O)c1cnc(Cl)c(Cl)c1)c1ccc(Cl)cc1Cl. The minimum Gasteiger partial charge on any atom is -0.345 e. The molecule has 21 heavy (non-hydrogen) atoms. The van der Waals surface area contributed by atoms with Gasteiger partial charge in [-0.25, -0.2) is 4.98 Å². The van der Waals surface area contributed by atoms with E-state index in [9.17, 15) is 4.79 Å². The molecule has 0 aliphatic heterocycles. The van der Waals surface area contributed by atoms with Gasteiger partial charge in [0.15, 0.2) is 0 Å². The van der Waals surface area contributed by atoms with Gasteiger partial charge in [0.1, 0.15) is 5.15 Å². The molecule has 2 aromatic rings. The number of aromatic nitrogens is 1. The molecular formula is C14H10Cl4N2O. The van der Waals surface area contributed by atoms with Gasteiger partial charge in [-0.15, -0.1) is 0 Å². The zero-order valence-electron chi connectivity index (χ0n) is 10.8. The molecular weight excluding hydrogens is 354 g/mol. The van der Waals surface area contributed by atoms with E-state index in [4.69, 9.17) is 46.4 Å². The second-order valence-electron chi connectivity index (χ2n) is 4.36. The lowest BCUT2D eigenvalue weighted by molar-refractivity contribution is 0.0939. The number of carbonyl (C=O) groups excluding carboxylic acids is 1. The predicted molar refractivity (Wildman–Crippen MR) is 86.6 cm³/mol. The first kappa shape index (κ1) is 16.4. The summed E-state index contributed by atoms with van der Waals surface area (Å²) in [6.45, 7) is 1.82. The van der Waals surface area contributed by atoms with Crippen LogP contribution in [0.25, 0.3) is 0 Å². The normalized spacial score (nSPS) is 12.0. The van der Waals surface area contributed by atoms with E-state index in [1.165, 1.54) is 12.3 Å². The van der Waals surface area contributed by atoms with Gasteiger partial charge in [0, 0.05) is 16.2 Å². The lowest BCUT2D eigenvalue weighted by Gasteiger charge is -2.16. The highest BCUT2D eigenvalue weighted by Crippen LogP contribution is 2.26. The van der Waals surface area contributed by atoms with Crippen LogP contribution in [0.3, 0.4) is 0 Å². The molecule has 1 aromatic heterocycles. The Hall–Kier alpha value is -1.000. The molecule has 0 radical (unpaired) electrons. The number of benzene rings is 1. The van der Waals surface area contributed by atoms with Crippen LogP contribution in [0.15, 0.2) is 30.5 Å². The molecule has 7 heteroatoms. The topological polar surface area (TPSA) is 42.0 Å². The van der Waals surface area contributed by atoms with E-state index in [2.05, 4.69) is 10.3 Å². The van der Waals surface area contributed by atoms with Crippen LogP contribution in [0.5, 0.6) is 0 Å². The van der Waals surface area contributed by atoms with Crippen molar-refractivity contribution in [3.05, 3.63) is 61.8 Å². The second kappa shape index (κ2) is 6.84. The Morgan fingerprint density at radius 2 is 1.86 bits per heavy atom. The van der Waals surface area contributed by atoms with Gasteiger partial charge in [0.2, 0.25) is 0 Å². The van der Waals surface area contributed by atoms with Crippen molar-refractivity contribution in [1.82, 2.24) is 10.3 Å². The van der Waals surface area contributed by atoms with Crippen molar-refractivity contribution in [1.29, 1.82) is 0 Å². The average Bonchev–Trinajstić information content (AvgIpc) is 2.41. The Morgan fingerprint density at radius 3 is 2.48 bits per heavy atom. The smallest absolute Gasteiger partial charge is 0.253 e. The number of hydrogen-bond acceptors (Lipinski definition) is 2. The molecule has 3 nitrogen and oxygen atoms in total. The molecule has 1 aromatic carbocycles. The van der Waals surface area contributed by atoms with Crippen molar-refractivity contribution < 1.29 is 4.79 Å². The molecule has 0 saturated heterocycles. The van der Waals surface area contributed by atoms with Crippen LogP contribution in [0, 0.1) is 0 Å². The maximum atomic E-state index is 12.1. The van der Waals surface area contributed by atoms with Gasteiger partial charge in [-0.05, 0) is 30.7 Å². The van der Waals surface area contributed by atoms with Gasteiger partial charge >= 0.3 is 0 Å². The Balaban J connectivity index is 2.16. The van der Waals surface area contributed by atoms with E-state index < -0.39 is 0 Å². The monoisotopic (exact) mass is 362 g/mol. The van der Waals surface area contributed by atoms with E-state index >= 15 is 0 Å². The van der Waals surface area contributed by atoms with Gasteiger partial charge < -0.3 is 5.32 Å². The average molecular weight is 364 g/mol. The molecule has 1 N–H and O–H groups in total. The minimum atomic E-state index is -0.320. The maximum Gasteiger partial charge on any atom is 0.253 e. The molecule has 0 unspecified atom stereocenters. The second-order valence-corrected chi connectivity index (χ2v) is 5.97. The Labute approximate surface area is 142 Å². The van der Waals surface area contributed by atoms with Gasteiger partial charge in [-0.1, -0.05) is 52.5 Å². The van der Waals surface area contributed by atoms with Crippen LogP contribution < -0.4 is 5.32 Å². The fourth-order valence-electron chi connectivity index (χ4n) is 1.76. The van der Waals surface area contributed by atoms with E-state index in [0.717, 1.165) is 5.56 Å². The summed E-state index contributed by atoms with van der Waals surface area (Å²) in [5.74, 6) is -0.320. The van der Waals surface area contributed by atoms with Crippen LogP contribution in [0.2, 0.25) is 20.2 Å². The van der Waals surface area contributed by atoms with E-state index in [-0.39, 0.29) is 22.1 Å². The van der Waals surface area contributed by atoms with E-state index in [0.29, 0.717) is 15.6 Å². The summed E-state index contributed by atoms with van der Waals surface area (Å²) < 4.78 is 0. The molecule has 0 aliphatic carbocycles. The van der Waals surface area contributed by atoms with Crippen LogP contribution in [-0.2, 0) is 0 Å². The van der Waals surface area contributed by atoms with Gasteiger partial charge in [-0.2, -0.15) is 0 Å². The van der Waals surface area contributed by atoms with Crippen molar-refractivity contribution >= 4 is 52.3 Å². The fraction of sp³-hybridized carbons (Fsp3) is 0.143. The van der Waals surface area contributed by atoms with Crippen molar-refractivity contribution in [2.75, 3.05) is 0 Å². The molecule has 0 saturated carbocycles. The first-order valence-electron chi connectivity index (χ1n) is 5.95. The highest BCUT2D eigenvalue weighted by molar-refractivity contribution is 6.41. The minimum absolute atomic E-state index is 0.155. The van der Waals surface area contributed by atoms with Crippen LogP contribution in [0.1, 0.15) is 28.9 Å². The molecule has 1 atom stereocenters. The number of amides is 1. The molecule has 2 rings (SSSR count). The standard InChI is InChI=1S/C14H10Cl4N2O/c1-7(10-3-2-9(15)5-11(10)16)20-14(21)8-4-12(17)13(18)19-6-8/h2-7H,1H3,(H,20,21)/t7-/m1/s1. The summed E-state index contributed by atoms with van der Waals surface area (Å²) >= 11 is 23.5. The molecule has 0 fully saturated rings. The number of rotatable bonds is 3. The summed E-state index contributed by atoms with van der Waals surface area (Å²) in [6, 6.07) is 6.27. The fourth-order valence-corrected chi connectivity index (χ4v) is 2.60. The Morgan fingerprint density at radius 1 is 1.14 bits per heavy atom. The van der Waals surface area contributed by atoms with Crippen LogP contribution >= 0.6 is 46.4 Å². The predicted octanol–water partition coefficient (Wildman–Crippen LogP) is 5.19. The number of nitrogens with zero attached hydrogens (tertiary/aromatic N) is 1. The molecule has 1 amide bonds. The van der Waals surface area contributed by atoms with Crippen molar-refractivity contribution in [2.24, 2.45) is 0 Å². The number of hydrogen-bond donors (Lipinski definition) is 1. The van der Waals surface area contributed by atoms with Crippen LogP contribution in [-0.4, -0.2) is 10.9 Å².